The second-order valence-electron chi connectivity index (χ2n) is 5.52. The van der Waals surface area contributed by atoms with E-state index in [1.165, 1.54) is 12.8 Å². The highest BCUT2D eigenvalue weighted by molar-refractivity contribution is 5.16. The van der Waals surface area contributed by atoms with Crippen molar-refractivity contribution in [3.8, 4) is 6.07 Å². The molecule has 0 aromatic heterocycles. The summed E-state index contributed by atoms with van der Waals surface area (Å²) in [6.45, 7) is 8.69. The molecule has 1 saturated carbocycles. The van der Waals surface area contributed by atoms with Gasteiger partial charge in [-0.1, -0.05) is 13.8 Å². The first-order valence-electron chi connectivity index (χ1n) is 7.24. The van der Waals surface area contributed by atoms with Gasteiger partial charge in [0.1, 0.15) is 5.54 Å². The van der Waals surface area contributed by atoms with Crippen LogP contribution in [0.25, 0.3) is 0 Å². The summed E-state index contributed by atoms with van der Waals surface area (Å²) in [5, 5.41) is 13.0. The number of nitrogens with zero attached hydrogens (tertiary/aromatic N) is 2. The number of nitriles is 1. The van der Waals surface area contributed by atoms with Crippen LogP contribution >= 0.6 is 0 Å². The summed E-state index contributed by atoms with van der Waals surface area (Å²) in [5.74, 6) is 0.547. The first-order valence-corrected chi connectivity index (χ1v) is 7.24. The standard InChI is InChI=1S/C14H25N3O/c1-3-13-9-17(7-8-18-13)11-14(10-15,16-4-2)12-5-6-12/h12-13,16H,3-9,11H2,1-2H3. The van der Waals surface area contributed by atoms with Gasteiger partial charge in [-0.3, -0.25) is 10.2 Å². The van der Waals surface area contributed by atoms with Gasteiger partial charge in [-0.25, -0.2) is 0 Å². The molecule has 1 saturated heterocycles. The lowest BCUT2D eigenvalue weighted by atomic mass is 9.93. The van der Waals surface area contributed by atoms with E-state index in [0.717, 1.165) is 39.2 Å². The van der Waals surface area contributed by atoms with Crippen molar-refractivity contribution in [2.45, 2.75) is 44.8 Å². The van der Waals surface area contributed by atoms with Crippen LogP contribution in [0.1, 0.15) is 33.1 Å². The van der Waals surface area contributed by atoms with Crippen LogP contribution in [0.15, 0.2) is 0 Å². The molecule has 102 valence electrons. The van der Waals surface area contributed by atoms with E-state index in [0.29, 0.717) is 12.0 Å². The fourth-order valence-electron chi connectivity index (χ4n) is 2.91. The number of hydrogen-bond donors (Lipinski definition) is 1. The van der Waals surface area contributed by atoms with E-state index in [-0.39, 0.29) is 5.54 Å². The maximum absolute atomic E-state index is 9.60. The molecule has 18 heavy (non-hydrogen) atoms. The third-order valence-corrected chi connectivity index (χ3v) is 4.12. The zero-order valence-electron chi connectivity index (χ0n) is 11.6. The summed E-state index contributed by atoms with van der Waals surface area (Å²) >= 11 is 0. The van der Waals surface area contributed by atoms with Gasteiger partial charge in [0.05, 0.1) is 18.8 Å². The van der Waals surface area contributed by atoms with Crippen LogP contribution in [0.4, 0.5) is 0 Å². The molecule has 1 aliphatic carbocycles. The molecule has 2 atom stereocenters. The molecule has 0 spiro atoms. The zero-order chi connectivity index (χ0) is 13.0. The summed E-state index contributed by atoms with van der Waals surface area (Å²) < 4.78 is 5.70. The Balaban J connectivity index is 1.97. The van der Waals surface area contributed by atoms with Gasteiger partial charge < -0.3 is 4.74 Å². The molecule has 1 heterocycles. The molecule has 0 radical (unpaired) electrons. The van der Waals surface area contributed by atoms with Crippen molar-refractivity contribution in [2.24, 2.45) is 5.92 Å². The van der Waals surface area contributed by atoms with Crippen molar-refractivity contribution in [3.63, 3.8) is 0 Å². The summed E-state index contributed by atoms with van der Waals surface area (Å²) in [6.07, 6.45) is 3.79. The Kier molecular flexibility index (Phi) is 4.60. The summed E-state index contributed by atoms with van der Waals surface area (Å²) in [7, 11) is 0. The van der Waals surface area contributed by atoms with E-state index in [4.69, 9.17) is 4.74 Å². The van der Waals surface area contributed by atoms with E-state index >= 15 is 0 Å². The van der Waals surface area contributed by atoms with Crippen LogP contribution < -0.4 is 5.32 Å². The van der Waals surface area contributed by atoms with Crippen LogP contribution in [0.5, 0.6) is 0 Å². The molecule has 4 heteroatoms. The van der Waals surface area contributed by atoms with Crippen molar-refractivity contribution >= 4 is 0 Å². The highest BCUT2D eigenvalue weighted by Gasteiger charge is 2.46. The Morgan fingerprint density at radius 2 is 2.22 bits per heavy atom. The van der Waals surface area contributed by atoms with Gasteiger partial charge in [-0.2, -0.15) is 5.26 Å². The lowest BCUT2D eigenvalue weighted by Crippen LogP contribution is -2.57. The Bertz CT molecular complexity index is 311. The van der Waals surface area contributed by atoms with Crippen molar-refractivity contribution in [1.29, 1.82) is 5.26 Å². The molecular formula is C14H25N3O. The molecule has 0 bridgehead atoms. The quantitative estimate of drug-likeness (QED) is 0.775. The van der Waals surface area contributed by atoms with Gasteiger partial charge in [0.25, 0.3) is 0 Å². The van der Waals surface area contributed by atoms with Crippen molar-refractivity contribution in [3.05, 3.63) is 0 Å². The first-order chi connectivity index (χ1) is 8.74. The van der Waals surface area contributed by atoms with Crippen LogP contribution in [0.3, 0.4) is 0 Å². The third-order valence-electron chi connectivity index (χ3n) is 4.12. The predicted octanol–water partition coefficient (Wildman–Crippen LogP) is 1.38. The van der Waals surface area contributed by atoms with E-state index in [1.807, 2.05) is 0 Å². The highest BCUT2D eigenvalue weighted by atomic mass is 16.5. The molecule has 2 fully saturated rings. The summed E-state index contributed by atoms with van der Waals surface area (Å²) in [4.78, 5) is 2.40. The van der Waals surface area contributed by atoms with Crippen molar-refractivity contribution < 1.29 is 4.74 Å². The molecule has 1 aliphatic heterocycles. The monoisotopic (exact) mass is 251 g/mol. The lowest BCUT2D eigenvalue weighted by molar-refractivity contribution is -0.0360. The molecule has 4 nitrogen and oxygen atoms in total. The number of nitrogens with one attached hydrogen (secondary N) is 1. The molecule has 2 unspecified atom stereocenters. The minimum atomic E-state index is -0.329. The Morgan fingerprint density at radius 1 is 1.44 bits per heavy atom. The molecule has 1 N–H and O–H groups in total. The van der Waals surface area contributed by atoms with Crippen molar-refractivity contribution in [2.75, 3.05) is 32.8 Å². The second kappa shape index (κ2) is 6.01. The average molecular weight is 251 g/mol. The Hall–Kier alpha value is -0.630. The predicted molar refractivity (Wildman–Crippen MR) is 71.2 cm³/mol. The van der Waals surface area contributed by atoms with Gasteiger partial charge in [0.15, 0.2) is 0 Å². The van der Waals surface area contributed by atoms with Gasteiger partial charge >= 0.3 is 0 Å². The molecule has 2 aliphatic rings. The van der Waals surface area contributed by atoms with Crippen LogP contribution in [-0.4, -0.2) is 49.3 Å². The van der Waals surface area contributed by atoms with Gasteiger partial charge in [-0.05, 0) is 31.7 Å². The number of likely N-dealkylation sites (N-methyl/N-ethyl adjacent to an activating group) is 1. The maximum Gasteiger partial charge on any atom is 0.122 e. The average Bonchev–Trinajstić information content (AvgIpc) is 3.23. The highest BCUT2D eigenvalue weighted by Crippen LogP contribution is 2.40. The minimum absolute atomic E-state index is 0.329. The molecule has 0 aromatic rings. The Morgan fingerprint density at radius 3 is 2.78 bits per heavy atom. The largest absolute Gasteiger partial charge is 0.376 e. The van der Waals surface area contributed by atoms with E-state index in [2.05, 4.69) is 30.1 Å². The zero-order valence-corrected chi connectivity index (χ0v) is 11.6. The fraction of sp³-hybridized carbons (Fsp3) is 0.929. The molecule has 0 aromatic carbocycles. The number of hydrogen-bond acceptors (Lipinski definition) is 4. The molecular weight excluding hydrogens is 226 g/mol. The maximum atomic E-state index is 9.60. The van der Waals surface area contributed by atoms with Crippen LogP contribution in [0, 0.1) is 17.2 Å². The number of ether oxygens (including phenoxy) is 1. The molecule has 0 amide bonds. The normalized spacial score (nSPS) is 28.6. The van der Waals surface area contributed by atoms with Gasteiger partial charge in [0.2, 0.25) is 0 Å². The number of rotatable bonds is 6. The third kappa shape index (κ3) is 3.03. The van der Waals surface area contributed by atoms with E-state index < -0.39 is 0 Å². The smallest absolute Gasteiger partial charge is 0.122 e. The SMILES string of the molecule is CCNC(C#N)(CN1CCOC(CC)C1)C1CC1. The van der Waals surface area contributed by atoms with Crippen LogP contribution in [-0.2, 0) is 4.74 Å². The molecule has 2 rings (SSSR count). The number of morpholine rings is 1. The topological polar surface area (TPSA) is 48.3 Å². The van der Waals surface area contributed by atoms with Gasteiger partial charge in [-0.15, -0.1) is 0 Å². The van der Waals surface area contributed by atoms with Crippen molar-refractivity contribution in [1.82, 2.24) is 10.2 Å². The van der Waals surface area contributed by atoms with Crippen LogP contribution in [0.2, 0.25) is 0 Å². The first kappa shape index (κ1) is 13.8. The summed E-state index contributed by atoms with van der Waals surface area (Å²) in [6, 6.07) is 2.56. The fourth-order valence-corrected chi connectivity index (χ4v) is 2.91. The summed E-state index contributed by atoms with van der Waals surface area (Å²) in [5.41, 5.74) is -0.329. The second-order valence-corrected chi connectivity index (χ2v) is 5.52. The lowest BCUT2D eigenvalue weighted by Gasteiger charge is -2.38. The Labute approximate surface area is 110 Å². The van der Waals surface area contributed by atoms with E-state index in [9.17, 15) is 5.26 Å². The van der Waals surface area contributed by atoms with E-state index in [1.54, 1.807) is 0 Å². The van der Waals surface area contributed by atoms with Gasteiger partial charge in [0, 0.05) is 19.6 Å². The minimum Gasteiger partial charge on any atom is -0.376 e.